The van der Waals surface area contributed by atoms with E-state index < -0.39 is 12.0 Å². The molecular formula is C19H30N2O3. The summed E-state index contributed by atoms with van der Waals surface area (Å²) in [6.45, 7) is 11.1. The van der Waals surface area contributed by atoms with Crippen molar-refractivity contribution in [2.45, 2.75) is 53.1 Å². The van der Waals surface area contributed by atoms with Crippen LogP contribution in [-0.4, -0.2) is 41.0 Å². The van der Waals surface area contributed by atoms with E-state index in [-0.39, 0.29) is 11.8 Å². The molecular weight excluding hydrogens is 304 g/mol. The molecule has 134 valence electrons. The van der Waals surface area contributed by atoms with Gasteiger partial charge in [0.1, 0.15) is 6.04 Å². The van der Waals surface area contributed by atoms with Gasteiger partial charge in [-0.2, -0.15) is 0 Å². The van der Waals surface area contributed by atoms with Crippen molar-refractivity contribution in [2.24, 2.45) is 5.92 Å². The minimum Gasteiger partial charge on any atom is -0.480 e. The second kappa shape index (κ2) is 10.1. The lowest BCUT2D eigenvalue weighted by Gasteiger charge is -2.20. The number of amides is 1. The third-order valence-electron chi connectivity index (χ3n) is 3.92. The minimum absolute atomic E-state index is 0.201. The van der Waals surface area contributed by atoms with Gasteiger partial charge in [-0.15, -0.1) is 0 Å². The van der Waals surface area contributed by atoms with E-state index in [9.17, 15) is 14.7 Å². The van der Waals surface area contributed by atoms with E-state index in [1.807, 2.05) is 26.0 Å². The lowest BCUT2D eigenvalue weighted by atomic mass is 10.0. The van der Waals surface area contributed by atoms with Gasteiger partial charge < -0.3 is 10.4 Å². The molecule has 0 bridgehead atoms. The van der Waals surface area contributed by atoms with E-state index in [2.05, 4.69) is 24.1 Å². The fraction of sp³-hybridized carbons (Fsp3) is 0.579. The molecule has 1 aromatic rings. The number of hydrogen-bond donors (Lipinski definition) is 2. The third-order valence-corrected chi connectivity index (χ3v) is 3.92. The van der Waals surface area contributed by atoms with Gasteiger partial charge in [0.2, 0.25) is 0 Å². The molecule has 24 heavy (non-hydrogen) atoms. The summed E-state index contributed by atoms with van der Waals surface area (Å²) in [5.74, 6) is -1.13. The van der Waals surface area contributed by atoms with Gasteiger partial charge in [0.05, 0.1) is 0 Å². The largest absolute Gasteiger partial charge is 0.480 e. The Morgan fingerprint density at radius 1 is 1.17 bits per heavy atom. The normalized spacial score (nSPS) is 12.4. The molecule has 1 amide bonds. The maximum atomic E-state index is 12.2. The summed E-state index contributed by atoms with van der Waals surface area (Å²) < 4.78 is 0. The number of nitrogens with one attached hydrogen (secondary N) is 1. The van der Waals surface area contributed by atoms with Crippen LogP contribution in [0.1, 0.15) is 56.5 Å². The fourth-order valence-electron chi connectivity index (χ4n) is 2.62. The highest BCUT2D eigenvalue weighted by Gasteiger charge is 2.21. The van der Waals surface area contributed by atoms with Gasteiger partial charge in [-0.1, -0.05) is 39.8 Å². The van der Waals surface area contributed by atoms with E-state index in [1.165, 1.54) is 0 Å². The molecule has 5 heteroatoms. The van der Waals surface area contributed by atoms with Gasteiger partial charge in [0, 0.05) is 12.1 Å². The number of rotatable bonds is 10. The third kappa shape index (κ3) is 6.71. The molecule has 0 heterocycles. The summed E-state index contributed by atoms with van der Waals surface area (Å²) in [5, 5.41) is 11.8. The Labute approximate surface area is 145 Å². The van der Waals surface area contributed by atoms with Gasteiger partial charge >= 0.3 is 5.97 Å². The van der Waals surface area contributed by atoms with Crippen LogP contribution in [0.25, 0.3) is 0 Å². The highest BCUT2D eigenvalue weighted by Crippen LogP contribution is 2.10. The van der Waals surface area contributed by atoms with Crippen LogP contribution in [0.3, 0.4) is 0 Å². The van der Waals surface area contributed by atoms with Crippen molar-refractivity contribution in [1.82, 2.24) is 10.2 Å². The van der Waals surface area contributed by atoms with Gasteiger partial charge in [-0.25, -0.2) is 4.79 Å². The van der Waals surface area contributed by atoms with Crippen molar-refractivity contribution < 1.29 is 14.7 Å². The minimum atomic E-state index is -0.994. The summed E-state index contributed by atoms with van der Waals surface area (Å²) in [4.78, 5) is 25.8. The van der Waals surface area contributed by atoms with Crippen molar-refractivity contribution in [3.63, 3.8) is 0 Å². The first kappa shape index (κ1) is 20.2. The molecule has 0 saturated carbocycles. The maximum absolute atomic E-state index is 12.2. The summed E-state index contributed by atoms with van der Waals surface area (Å²) in [5.41, 5.74) is 1.64. The Kier molecular flexibility index (Phi) is 8.47. The van der Waals surface area contributed by atoms with Crippen LogP contribution >= 0.6 is 0 Å². The van der Waals surface area contributed by atoms with Crippen LogP contribution in [0.5, 0.6) is 0 Å². The highest BCUT2D eigenvalue weighted by molar-refractivity contribution is 5.96. The van der Waals surface area contributed by atoms with E-state index in [4.69, 9.17) is 0 Å². The second-order valence-corrected chi connectivity index (χ2v) is 6.56. The summed E-state index contributed by atoms with van der Waals surface area (Å²) >= 11 is 0. The number of benzene rings is 1. The molecule has 1 rings (SSSR count). The standard InChI is InChI=1S/C19H30N2O3/c1-5-11-21(6-2)13-15-7-9-16(10-8-15)18(22)20-17(19(23)24)12-14(3)4/h7-10,14,17H,5-6,11-13H2,1-4H3,(H,20,22)(H,23,24). The molecule has 0 spiro atoms. The smallest absolute Gasteiger partial charge is 0.326 e. The molecule has 0 aliphatic carbocycles. The van der Waals surface area contributed by atoms with Crippen molar-refractivity contribution >= 4 is 11.9 Å². The lowest BCUT2D eigenvalue weighted by Crippen LogP contribution is -2.41. The van der Waals surface area contributed by atoms with Crippen molar-refractivity contribution in [1.29, 1.82) is 0 Å². The molecule has 1 unspecified atom stereocenters. The lowest BCUT2D eigenvalue weighted by molar-refractivity contribution is -0.139. The molecule has 0 aliphatic rings. The average Bonchev–Trinajstić information content (AvgIpc) is 2.53. The molecule has 5 nitrogen and oxygen atoms in total. The van der Waals surface area contributed by atoms with Crippen LogP contribution in [0, 0.1) is 5.92 Å². The monoisotopic (exact) mass is 334 g/mol. The summed E-state index contributed by atoms with van der Waals surface area (Å²) in [6.07, 6.45) is 1.53. The van der Waals surface area contributed by atoms with E-state index in [1.54, 1.807) is 12.1 Å². The Morgan fingerprint density at radius 3 is 2.25 bits per heavy atom. The highest BCUT2D eigenvalue weighted by atomic mass is 16.4. The van der Waals surface area contributed by atoms with Crippen molar-refractivity contribution in [3.8, 4) is 0 Å². The van der Waals surface area contributed by atoms with Gasteiger partial charge in [0.15, 0.2) is 0 Å². The van der Waals surface area contributed by atoms with Crippen LogP contribution < -0.4 is 5.32 Å². The van der Waals surface area contributed by atoms with Gasteiger partial charge in [-0.05, 0) is 49.5 Å². The molecule has 2 N–H and O–H groups in total. The molecule has 1 atom stereocenters. The van der Waals surface area contributed by atoms with Crippen LogP contribution in [0.4, 0.5) is 0 Å². The van der Waals surface area contributed by atoms with Gasteiger partial charge in [-0.3, -0.25) is 9.69 Å². The molecule has 0 saturated heterocycles. The number of nitrogens with zero attached hydrogens (tertiary/aromatic N) is 1. The van der Waals surface area contributed by atoms with Gasteiger partial charge in [0.25, 0.3) is 5.91 Å². The zero-order chi connectivity index (χ0) is 18.1. The van der Waals surface area contributed by atoms with Crippen LogP contribution in [0.15, 0.2) is 24.3 Å². The molecule has 0 radical (unpaired) electrons. The predicted octanol–water partition coefficient (Wildman–Crippen LogP) is 3.15. The Morgan fingerprint density at radius 2 is 1.79 bits per heavy atom. The first-order chi connectivity index (χ1) is 11.4. The Hall–Kier alpha value is -1.88. The number of carbonyl (C=O) groups excluding carboxylic acids is 1. The second-order valence-electron chi connectivity index (χ2n) is 6.56. The summed E-state index contributed by atoms with van der Waals surface area (Å²) in [7, 11) is 0. The number of carboxylic acid groups (broad SMARTS) is 1. The van der Waals surface area contributed by atoms with Crippen LogP contribution in [-0.2, 0) is 11.3 Å². The fourth-order valence-corrected chi connectivity index (χ4v) is 2.62. The molecule has 0 fully saturated rings. The van der Waals surface area contributed by atoms with Crippen molar-refractivity contribution in [3.05, 3.63) is 35.4 Å². The number of aliphatic carboxylic acids is 1. The number of carbonyl (C=O) groups is 2. The zero-order valence-electron chi connectivity index (χ0n) is 15.2. The average molecular weight is 334 g/mol. The number of hydrogen-bond acceptors (Lipinski definition) is 3. The summed E-state index contributed by atoms with van der Waals surface area (Å²) in [6, 6.07) is 6.55. The maximum Gasteiger partial charge on any atom is 0.326 e. The van der Waals surface area contributed by atoms with E-state index in [0.29, 0.717) is 12.0 Å². The van der Waals surface area contributed by atoms with Crippen LogP contribution in [0.2, 0.25) is 0 Å². The van der Waals surface area contributed by atoms with Crippen molar-refractivity contribution in [2.75, 3.05) is 13.1 Å². The SMILES string of the molecule is CCCN(CC)Cc1ccc(C(=O)NC(CC(C)C)C(=O)O)cc1. The molecule has 1 aromatic carbocycles. The first-order valence-corrected chi connectivity index (χ1v) is 8.72. The molecule has 0 aliphatic heterocycles. The zero-order valence-corrected chi connectivity index (χ0v) is 15.2. The molecule has 0 aromatic heterocycles. The van der Waals surface area contributed by atoms with E-state index >= 15 is 0 Å². The topological polar surface area (TPSA) is 69.6 Å². The van der Waals surface area contributed by atoms with E-state index in [0.717, 1.165) is 31.6 Å². The quantitative estimate of drug-likeness (QED) is 0.689. The number of carboxylic acids is 1. The Balaban J connectivity index is 2.70. The first-order valence-electron chi connectivity index (χ1n) is 8.72. The Bertz CT molecular complexity index is 526. The predicted molar refractivity (Wildman–Crippen MR) is 96.0 cm³/mol.